The quantitative estimate of drug-likeness (QED) is 0.588. The van der Waals surface area contributed by atoms with Crippen LogP contribution in [-0.2, 0) is 20.7 Å². The van der Waals surface area contributed by atoms with Crippen molar-refractivity contribution < 1.29 is 23.8 Å². The first kappa shape index (κ1) is 19.4. The molecule has 0 radical (unpaired) electrons. The molecule has 0 unspecified atom stereocenters. The van der Waals surface area contributed by atoms with Gasteiger partial charge in [0.15, 0.2) is 0 Å². The molecule has 8 heteroatoms. The predicted octanol–water partition coefficient (Wildman–Crippen LogP) is 3.18. The fraction of sp³-hybridized carbons (Fsp3) is 0.222. The van der Waals surface area contributed by atoms with E-state index in [1.165, 1.54) is 21.3 Å². The molecule has 0 saturated carbocycles. The van der Waals surface area contributed by atoms with Crippen LogP contribution in [0.5, 0.6) is 5.75 Å². The predicted molar refractivity (Wildman–Crippen MR) is 99.2 cm³/mol. The lowest BCUT2D eigenvalue weighted by Crippen LogP contribution is -2.09. The number of esters is 2. The second kappa shape index (κ2) is 8.44. The third kappa shape index (κ3) is 4.37. The molecule has 0 fully saturated rings. The van der Waals surface area contributed by atoms with E-state index < -0.39 is 11.9 Å². The molecule has 0 aliphatic rings. The van der Waals surface area contributed by atoms with E-state index in [0.717, 1.165) is 0 Å². The number of anilines is 3. The first-order valence-electron chi connectivity index (χ1n) is 7.57. The number of hydrogen-bond donors (Lipinski definition) is 2. The van der Waals surface area contributed by atoms with Crippen LogP contribution in [0.25, 0.3) is 0 Å². The monoisotopic (exact) mass is 378 g/mol. The molecule has 0 amide bonds. The van der Waals surface area contributed by atoms with Gasteiger partial charge in [-0.2, -0.15) is 0 Å². The van der Waals surface area contributed by atoms with Gasteiger partial charge in [-0.05, 0) is 24.3 Å². The molecular weight excluding hydrogens is 360 g/mol. The Morgan fingerprint density at radius 3 is 2.42 bits per heavy atom. The summed E-state index contributed by atoms with van der Waals surface area (Å²) in [5.74, 6) is -0.485. The Labute approximate surface area is 156 Å². The summed E-state index contributed by atoms with van der Waals surface area (Å²) in [7, 11) is 4.08. The Morgan fingerprint density at radius 2 is 1.81 bits per heavy atom. The maximum absolute atomic E-state index is 12.0. The Bertz CT molecular complexity index is 839. The number of methoxy groups -OCH3 is 3. The summed E-state index contributed by atoms with van der Waals surface area (Å²) in [6, 6.07) is 7.96. The van der Waals surface area contributed by atoms with E-state index in [-0.39, 0.29) is 6.42 Å². The number of carbonyl (C=O) groups excluding carboxylic acids is 2. The number of hydrogen-bond acceptors (Lipinski definition) is 7. The van der Waals surface area contributed by atoms with Crippen molar-refractivity contribution in [1.82, 2.24) is 0 Å². The molecule has 0 aliphatic carbocycles. The average Bonchev–Trinajstić information content (AvgIpc) is 2.63. The molecule has 0 spiro atoms. The Balaban J connectivity index is 2.46. The molecule has 138 valence electrons. The average molecular weight is 379 g/mol. The van der Waals surface area contributed by atoms with E-state index in [0.29, 0.717) is 39.0 Å². The third-order valence-electron chi connectivity index (χ3n) is 3.67. The van der Waals surface area contributed by atoms with Crippen molar-refractivity contribution in [3.63, 3.8) is 0 Å². The smallest absolute Gasteiger partial charge is 0.339 e. The van der Waals surface area contributed by atoms with Gasteiger partial charge in [-0.25, -0.2) is 4.79 Å². The second-order valence-electron chi connectivity index (χ2n) is 5.31. The Hall–Kier alpha value is -2.93. The summed E-state index contributed by atoms with van der Waals surface area (Å²) < 4.78 is 14.7. The SMILES string of the molecule is COC(=O)Cc1cc(Nc2cc(Cl)ccc2C(=O)OC)c(N)cc1OC. The zero-order valence-electron chi connectivity index (χ0n) is 14.6. The fourth-order valence-corrected chi connectivity index (χ4v) is 2.53. The molecule has 0 heterocycles. The van der Waals surface area contributed by atoms with Crippen LogP contribution >= 0.6 is 11.6 Å². The summed E-state index contributed by atoms with van der Waals surface area (Å²) in [5, 5.41) is 3.49. The normalized spacial score (nSPS) is 10.2. The minimum Gasteiger partial charge on any atom is -0.496 e. The fourth-order valence-electron chi connectivity index (χ4n) is 2.36. The number of ether oxygens (including phenoxy) is 3. The molecule has 2 aromatic carbocycles. The lowest BCUT2D eigenvalue weighted by Gasteiger charge is -2.16. The van der Waals surface area contributed by atoms with Crippen LogP contribution in [0.3, 0.4) is 0 Å². The highest BCUT2D eigenvalue weighted by Gasteiger charge is 2.16. The summed E-state index contributed by atoms with van der Waals surface area (Å²) in [6.45, 7) is 0. The number of nitrogens with two attached hydrogens (primary N) is 1. The Morgan fingerprint density at radius 1 is 1.08 bits per heavy atom. The van der Waals surface area contributed by atoms with Gasteiger partial charge in [0.2, 0.25) is 0 Å². The number of nitrogens with one attached hydrogen (secondary N) is 1. The minimum atomic E-state index is -0.522. The highest BCUT2D eigenvalue weighted by molar-refractivity contribution is 6.31. The topological polar surface area (TPSA) is 99.9 Å². The molecule has 0 bridgehead atoms. The molecule has 7 nitrogen and oxygen atoms in total. The zero-order chi connectivity index (χ0) is 19.3. The van der Waals surface area contributed by atoms with Crippen LogP contribution in [0.4, 0.5) is 17.1 Å². The molecule has 0 aromatic heterocycles. The van der Waals surface area contributed by atoms with Crippen LogP contribution in [-0.4, -0.2) is 33.3 Å². The van der Waals surface area contributed by atoms with Crippen molar-refractivity contribution in [2.75, 3.05) is 32.4 Å². The molecule has 2 aromatic rings. The summed E-state index contributed by atoms with van der Waals surface area (Å²) in [4.78, 5) is 23.6. The number of carbonyl (C=O) groups is 2. The maximum Gasteiger partial charge on any atom is 0.339 e. The van der Waals surface area contributed by atoms with Crippen molar-refractivity contribution in [2.45, 2.75) is 6.42 Å². The van der Waals surface area contributed by atoms with Gasteiger partial charge < -0.3 is 25.3 Å². The Kier molecular flexibility index (Phi) is 6.30. The van der Waals surface area contributed by atoms with Gasteiger partial charge in [0.1, 0.15) is 5.75 Å². The van der Waals surface area contributed by atoms with Crippen LogP contribution in [0, 0.1) is 0 Å². The van der Waals surface area contributed by atoms with Crippen LogP contribution in [0.15, 0.2) is 30.3 Å². The van der Waals surface area contributed by atoms with Crippen LogP contribution in [0.1, 0.15) is 15.9 Å². The van der Waals surface area contributed by atoms with Crippen LogP contribution in [0.2, 0.25) is 5.02 Å². The first-order valence-corrected chi connectivity index (χ1v) is 7.95. The lowest BCUT2D eigenvalue weighted by atomic mass is 10.1. The minimum absolute atomic E-state index is 0.00797. The molecule has 0 saturated heterocycles. The summed E-state index contributed by atoms with van der Waals surface area (Å²) >= 11 is 6.03. The number of nitrogen functional groups attached to an aromatic ring is 1. The van der Waals surface area contributed by atoms with Crippen molar-refractivity contribution in [1.29, 1.82) is 0 Å². The first-order chi connectivity index (χ1) is 12.4. The maximum atomic E-state index is 12.0. The molecule has 0 aliphatic heterocycles. The zero-order valence-corrected chi connectivity index (χ0v) is 15.3. The second-order valence-corrected chi connectivity index (χ2v) is 5.75. The summed E-state index contributed by atoms with van der Waals surface area (Å²) in [6.07, 6.45) is 0.00797. The number of benzene rings is 2. The molecule has 3 N–H and O–H groups in total. The van der Waals surface area contributed by atoms with Gasteiger partial charge in [-0.3, -0.25) is 4.79 Å². The van der Waals surface area contributed by atoms with E-state index in [1.807, 2.05) is 0 Å². The van der Waals surface area contributed by atoms with Crippen molar-refractivity contribution >= 4 is 40.6 Å². The van der Waals surface area contributed by atoms with Gasteiger partial charge in [-0.15, -0.1) is 0 Å². The molecule has 26 heavy (non-hydrogen) atoms. The van der Waals surface area contributed by atoms with Gasteiger partial charge in [0, 0.05) is 16.7 Å². The van der Waals surface area contributed by atoms with E-state index in [1.54, 1.807) is 30.3 Å². The van der Waals surface area contributed by atoms with Crippen molar-refractivity contribution in [2.24, 2.45) is 0 Å². The van der Waals surface area contributed by atoms with Crippen LogP contribution < -0.4 is 15.8 Å². The largest absolute Gasteiger partial charge is 0.496 e. The van der Waals surface area contributed by atoms with Gasteiger partial charge in [0.25, 0.3) is 0 Å². The summed E-state index contributed by atoms with van der Waals surface area (Å²) in [5.41, 5.74) is 8.21. The van der Waals surface area contributed by atoms with Gasteiger partial charge in [-0.1, -0.05) is 11.6 Å². The number of halogens is 1. The standard InChI is InChI=1S/C18H19ClN2O5/c1-24-16-9-13(20)15(6-10(16)7-17(22)25-2)21-14-8-11(19)4-5-12(14)18(23)26-3/h4-6,8-9,21H,7,20H2,1-3H3. The van der Waals surface area contributed by atoms with Gasteiger partial charge >= 0.3 is 11.9 Å². The van der Waals surface area contributed by atoms with Crippen molar-refractivity contribution in [3.8, 4) is 5.75 Å². The van der Waals surface area contributed by atoms with Crippen molar-refractivity contribution in [3.05, 3.63) is 46.5 Å². The molecular formula is C18H19ClN2O5. The lowest BCUT2D eigenvalue weighted by molar-refractivity contribution is -0.139. The van der Waals surface area contributed by atoms with E-state index in [9.17, 15) is 9.59 Å². The third-order valence-corrected chi connectivity index (χ3v) is 3.91. The molecule has 0 atom stereocenters. The van der Waals surface area contributed by atoms with E-state index >= 15 is 0 Å². The molecule has 2 rings (SSSR count). The van der Waals surface area contributed by atoms with E-state index in [4.69, 9.17) is 31.5 Å². The van der Waals surface area contributed by atoms with Gasteiger partial charge in [0.05, 0.1) is 50.4 Å². The number of rotatable bonds is 6. The highest BCUT2D eigenvalue weighted by atomic mass is 35.5. The highest BCUT2D eigenvalue weighted by Crippen LogP contribution is 2.33. The van der Waals surface area contributed by atoms with E-state index in [2.05, 4.69) is 5.32 Å².